The SMILES string of the molecule is O=C(O)c1ccc(Cn2ccc3nc(-n4cc(C(=O)O)cn4)[nH]c(=O)c32)nc1. The lowest BCUT2D eigenvalue weighted by Crippen LogP contribution is -2.16. The lowest BCUT2D eigenvalue weighted by molar-refractivity contribution is 0.0685. The number of carbonyl (C=O) groups is 2. The summed E-state index contributed by atoms with van der Waals surface area (Å²) < 4.78 is 2.81. The van der Waals surface area contributed by atoms with Crippen molar-refractivity contribution in [3.8, 4) is 5.95 Å². The zero-order chi connectivity index (χ0) is 19.8. The summed E-state index contributed by atoms with van der Waals surface area (Å²) in [6, 6.07) is 4.65. The maximum absolute atomic E-state index is 12.6. The van der Waals surface area contributed by atoms with Gasteiger partial charge in [-0.1, -0.05) is 0 Å². The summed E-state index contributed by atoms with van der Waals surface area (Å²) in [5, 5.41) is 21.8. The highest BCUT2D eigenvalue weighted by atomic mass is 16.4. The van der Waals surface area contributed by atoms with Gasteiger partial charge in [-0.05, 0) is 18.2 Å². The summed E-state index contributed by atoms with van der Waals surface area (Å²) in [5.74, 6) is -2.11. The third kappa shape index (κ3) is 3.00. The molecule has 0 saturated carbocycles. The molecule has 0 unspecified atom stereocenters. The molecule has 0 aliphatic heterocycles. The van der Waals surface area contributed by atoms with E-state index in [-0.39, 0.29) is 23.6 Å². The Bertz CT molecular complexity index is 1270. The van der Waals surface area contributed by atoms with E-state index >= 15 is 0 Å². The number of rotatable bonds is 5. The third-order valence-electron chi connectivity index (χ3n) is 4.06. The Balaban J connectivity index is 1.69. The molecule has 0 amide bonds. The standard InChI is InChI=1S/C17H12N6O5/c24-14-13-12(20-17(21-14)23-7-10(6-19-23)16(27)28)3-4-22(13)8-11-2-1-9(5-18-11)15(25)26/h1-7H,8H2,(H,25,26)(H,27,28)(H,20,21,24). The van der Waals surface area contributed by atoms with Crippen molar-refractivity contribution in [2.75, 3.05) is 0 Å². The summed E-state index contributed by atoms with van der Waals surface area (Å²) in [6.07, 6.45) is 5.32. The van der Waals surface area contributed by atoms with Gasteiger partial charge >= 0.3 is 11.9 Å². The Hall–Kier alpha value is -4.28. The molecule has 0 atom stereocenters. The summed E-state index contributed by atoms with van der Waals surface area (Å²) in [7, 11) is 0. The van der Waals surface area contributed by atoms with E-state index in [1.165, 1.54) is 23.1 Å². The van der Waals surface area contributed by atoms with Crippen LogP contribution in [-0.2, 0) is 6.54 Å². The molecular weight excluding hydrogens is 368 g/mol. The highest BCUT2D eigenvalue weighted by molar-refractivity contribution is 5.87. The van der Waals surface area contributed by atoms with Gasteiger partial charge in [0.1, 0.15) is 5.52 Å². The van der Waals surface area contributed by atoms with Gasteiger partial charge in [0, 0.05) is 18.6 Å². The van der Waals surface area contributed by atoms with Crippen molar-refractivity contribution >= 4 is 23.0 Å². The van der Waals surface area contributed by atoms with Crippen LogP contribution < -0.4 is 5.56 Å². The van der Waals surface area contributed by atoms with Gasteiger partial charge in [0.15, 0.2) is 0 Å². The summed E-state index contributed by atoms with van der Waals surface area (Å²) >= 11 is 0. The van der Waals surface area contributed by atoms with Gasteiger partial charge in [-0.15, -0.1) is 0 Å². The molecule has 0 fully saturated rings. The fourth-order valence-corrected chi connectivity index (χ4v) is 2.71. The largest absolute Gasteiger partial charge is 0.478 e. The normalized spacial score (nSPS) is 11.0. The van der Waals surface area contributed by atoms with E-state index < -0.39 is 17.5 Å². The molecule has 4 heterocycles. The van der Waals surface area contributed by atoms with E-state index in [2.05, 4.69) is 20.1 Å². The fraction of sp³-hybridized carbons (Fsp3) is 0.0588. The number of H-pyrrole nitrogens is 1. The summed E-state index contributed by atoms with van der Waals surface area (Å²) in [6.45, 7) is 0.248. The topological polar surface area (TPSA) is 156 Å². The molecule has 0 spiro atoms. The lowest BCUT2D eigenvalue weighted by atomic mass is 10.2. The van der Waals surface area contributed by atoms with E-state index in [0.29, 0.717) is 16.7 Å². The van der Waals surface area contributed by atoms with Crippen LogP contribution in [0.25, 0.3) is 17.0 Å². The third-order valence-corrected chi connectivity index (χ3v) is 4.06. The molecule has 0 aliphatic rings. The number of pyridine rings is 1. The van der Waals surface area contributed by atoms with Crippen LogP contribution in [0.2, 0.25) is 0 Å². The Morgan fingerprint density at radius 1 is 1.07 bits per heavy atom. The van der Waals surface area contributed by atoms with Crippen LogP contribution in [0.15, 0.2) is 47.8 Å². The average Bonchev–Trinajstić information content (AvgIpc) is 3.30. The minimum Gasteiger partial charge on any atom is -0.478 e. The van der Waals surface area contributed by atoms with Gasteiger partial charge in [0.2, 0.25) is 5.95 Å². The first-order valence-electron chi connectivity index (χ1n) is 7.98. The number of aromatic amines is 1. The molecule has 11 heteroatoms. The van der Waals surface area contributed by atoms with E-state index in [1.807, 2.05) is 0 Å². The molecule has 3 N–H and O–H groups in total. The zero-order valence-electron chi connectivity index (χ0n) is 14.1. The molecule has 28 heavy (non-hydrogen) atoms. The van der Waals surface area contributed by atoms with Crippen LogP contribution in [0, 0.1) is 0 Å². The van der Waals surface area contributed by atoms with E-state index in [4.69, 9.17) is 10.2 Å². The van der Waals surface area contributed by atoms with Gasteiger partial charge in [-0.25, -0.2) is 19.3 Å². The molecule has 4 aromatic heterocycles. The molecular formula is C17H12N6O5. The van der Waals surface area contributed by atoms with Gasteiger partial charge in [-0.3, -0.25) is 14.8 Å². The molecule has 0 aliphatic carbocycles. The van der Waals surface area contributed by atoms with Gasteiger partial charge in [0.25, 0.3) is 5.56 Å². The van der Waals surface area contributed by atoms with Crippen molar-refractivity contribution in [2.45, 2.75) is 6.54 Å². The number of fused-ring (bicyclic) bond motifs is 1. The van der Waals surface area contributed by atoms with Crippen LogP contribution >= 0.6 is 0 Å². The highest BCUT2D eigenvalue weighted by Crippen LogP contribution is 2.13. The number of nitrogens with one attached hydrogen (secondary N) is 1. The Kier molecular flexibility index (Phi) is 3.96. The second-order valence-corrected chi connectivity index (χ2v) is 5.89. The van der Waals surface area contributed by atoms with Crippen molar-refractivity contribution < 1.29 is 19.8 Å². The molecule has 0 bridgehead atoms. The molecule has 11 nitrogen and oxygen atoms in total. The molecule has 4 rings (SSSR count). The Morgan fingerprint density at radius 3 is 2.50 bits per heavy atom. The second-order valence-electron chi connectivity index (χ2n) is 5.89. The van der Waals surface area contributed by atoms with Crippen molar-refractivity contribution in [3.63, 3.8) is 0 Å². The maximum Gasteiger partial charge on any atom is 0.338 e. The van der Waals surface area contributed by atoms with Crippen LogP contribution in [0.3, 0.4) is 0 Å². The van der Waals surface area contributed by atoms with Crippen LogP contribution in [0.5, 0.6) is 0 Å². The molecule has 0 aromatic carbocycles. The van der Waals surface area contributed by atoms with E-state index in [0.717, 1.165) is 6.20 Å². The number of hydrogen-bond acceptors (Lipinski definition) is 6. The fourth-order valence-electron chi connectivity index (χ4n) is 2.71. The summed E-state index contributed by atoms with van der Waals surface area (Å²) in [5.41, 5.74) is 0.886. The lowest BCUT2D eigenvalue weighted by Gasteiger charge is -2.06. The Morgan fingerprint density at radius 2 is 1.86 bits per heavy atom. The molecule has 4 aromatic rings. The molecule has 140 valence electrons. The highest BCUT2D eigenvalue weighted by Gasteiger charge is 2.13. The second kappa shape index (κ2) is 6.46. The van der Waals surface area contributed by atoms with Crippen LogP contribution in [-0.4, -0.2) is 51.5 Å². The minimum absolute atomic E-state index is 0.0313. The quantitative estimate of drug-likeness (QED) is 0.458. The average molecular weight is 380 g/mol. The zero-order valence-corrected chi connectivity index (χ0v) is 14.1. The van der Waals surface area contributed by atoms with Gasteiger partial charge < -0.3 is 14.8 Å². The maximum atomic E-state index is 12.6. The smallest absolute Gasteiger partial charge is 0.338 e. The van der Waals surface area contributed by atoms with Crippen molar-refractivity contribution in [1.82, 2.24) is 29.3 Å². The van der Waals surface area contributed by atoms with Crippen molar-refractivity contribution in [2.24, 2.45) is 0 Å². The van der Waals surface area contributed by atoms with Crippen molar-refractivity contribution in [1.29, 1.82) is 0 Å². The number of carboxylic acids is 2. The predicted octanol–water partition coefficient (Wildman–Crippen LogP) is 0.750. The van der Waals surface area contributed by atoms with E-state index in [1.54, 1.807) is 22.9 Å². The van der Waals surface area contributed by atoms with Crippen molar-refractivity contribution in [3.05, 3.63) is 70.2 Å². The van der Waals surface area contributed by atoms with Gasteiger partial charge in [0.05, 0.1) is 35.1 Å². The number of carboxylic acid groups (broad SMARTS) is 2. The Labute approximate surface area is 155 Å². The number of aromatic carboxylic acids is 2. The van der Waals surface area contributed by atoms with E-state index in [9.17, 15) is 14.4 Å². The first-order valence-corrected chi connectivity index (χ1v) is 7.98. The minimum atomic E-state index is -1.14. The van der Waals surface area contributed by atoms with Crippen LogP contribution in [0.4, 0.5) is 0 Å². The predicted molar refractivity (Wildman–Crippen MR) is 94.7 cm³/mol. The molecule has 0 radical (unpaired) electrons. The first-order chi connectivity index (χ1) is 13.4. The monoisotopic (exact) mass is 380 g/mol. The number of aromatic nitrogens is 6. The summed E-state index contributed by atoms with van der Waals surface area (Å²) in [4.78, 5) is 45.4. The first kappa shape index (κ1) is 17.1. The molecule has 0 saturated heterocycles. The van der Waals surface area contributed by atoms with Crippen LogP contribution in [0.1, 0.15) is 26.4 Å². The van der Waals surface area contributed by atoms with Gasteiger partial charge in [-0.2, -0.15) is 5.10 Å². The number of hydrogen-bond donors (Lipinski definition) is 3. The number of nitrogens with zero attached hydrogens (tertiary/aromatic N) is 5.